The van der Waals surface area contributed by atoms with E-state index in [1.54, 1.807) is 16.7 Å². The summed E-state index contributed by atoms with van der Waals surface area (Å²) in [5, 5.41) is 11.1. The smallest absolute Gasteiger partial charge is 0.410 e. The topological polar surface area (TPSA) is 101 Å². The molecule has 10 nitrogen and oxygen atoms in total. The predicted molar refractivity (Wildman–Crippen MR) is 152 cm³/mol. The molecule has 1 aromatic heterocycles. The molecule has 10 heteroatoms. The highest BCUT2D eigenvalue weighted by molar-refractivity contribution is 5.90. The number of anilines is 1. The van der Waals surface area contributed by atoms with Crippen molar-refractivity contribution in [2.45, 2.75) is 51.4 Å². The Balaban J connectivity index is 1.37. The molecule has 3 aromatic rings. The van der Waals surface area contributed by atoms with E-state index in [0.29, 0.717) is 25.5 Å². The van der Waals surface area contributed by atoms with E-state index in [9.17, 15) is 9.59 Å². The first-order valence-corrected chi connectivity index (χ1v) is 13.7. The molecule has 3 amide bonds. The number of fused-ring (bicyclic) bond motifs is 1. The number of aromatic nitrogens is 2. The first kappa shape index (κ1) is 27.7. The Kier molecular flexibility index (Phi) is 8.09. The lowest BCUT2D eigenvalue weighted by Crippen LogP contribution is -2.42. The van der Waals surface area contributed by atoms with Gasteiger partial charge in [-0.15, -0.1) is 0 Å². The molecule has 40 heavy (non-hydrogen) atoms. The van der Waals surface area contributed by atoms with Crippen LogP contribution < -0.4 is 10.6 Å². The Morgan fingerprint density at radius 1 is 1.00 bits per heavy atom. The molecule has 2 aromatic carbocycles. The second-order valence-electron chi connectivity index (χ2n) is 11.3. The first-order valence-electron chi connectivity index (χ1n) is 13.7. The number of nitrogens with one attached hydrogen (secondary N) is 2. The average molecular weight is 547 g/mol. The van der Waals surface area contributed by atoms with Gasteiger partial charge in [0.1, 0.15) is 11.4 Å². The zero-order valence-corrected chi connectivity index (χ0v) is 23.6. The number of carbonyl (C=O) groups excluding carboxylic acids is 2. The van der Waals surface area contributed by atoms with Crippen LogP contribution in [0.5, 0.6) is 0 Å². The number of methoxy groups -OCH3 is 1. The summed E-state index contributed by atoms with van der Waals surface area (Å²) in [6.45, 7) is 9.13. The Hall–Kier alpha value is -3.89. The second kappa shape index (κ2) is 11.7. The third-order valence-corrected chi connectivity index (χ3v) is 7.19. The van der Waals surface area contributed by atoms with Gasteiger partial charge < -0.3 is 14.8 Å². The van der Waals surface area contributed by atoms with Gasteiger partial charge in [-0.2, -0.15) is 5.10 Å². The van der Waals surface area contributed by atoms with E-state index >= 15 is 0 Å². The minimum atomic E-state index is -0.601. The molecule has 2 atom stereocenters. The summed E-state index contributed by atoms with van der Waals surface area (Å²) in [5.74, 6) is 0.700. The van der Waals surface area contributed by atoms with Crippen molar-refractivity contribution >= 4 is 17.9 Å². The van der Waals surface area contributed by atoms with E-state index in [2.05, 4.69) is 27.7 Å². The molecule has 212 valence electrons. The van der Waals surface area contributed by atoms with E-state index < -0.39 is 11.7 Å². The maximum atomic E-state index is 13.5. The van der Waals surface area contributed by atoms with E-state index in [-0.39, 0.29) is 18.0 Å². The van der Waals surface area contributed by atoms with Crippen LogP contribution in [-0.2, 0) is 22.6 Å². The van der Waals surface area contributed by atoms with Crippen LogP contribution in [0.1, 0.15) is 43.5 Å². The zero-order valence-electron chi connectivity index (χ0n) is 23.6. The molecule has 3 heterocycles. The van der Waals surface area contributed by atoms with Crippen molar-refractivity contribution in [1.29, 1.82) is 0 Å². The molecule has 0 bridgehead atoms. The molecule has 1 saturated heterocycles. The van der Waals surface area contributed by atoms with Crippen LogP contribution in [0.15, 0.2) is 60.7 Å². The maximum Gasteiger partial charge on any atom is 0.410 e. The highest BCUT2D eigenvalue weighted by Gasteiger charge is 2.36. The Morgan fingerprint density at radius 3 is 2.38 bits per heavy atom. The fourth-order valence-corrected chi connectivity index (χ4v) is 5.34. The van der Waals surface area contributed by atoms with Crippen LogP contribution >= 0.6 is 0 Å². The van der Waals surface area contributed by atoms with Crippen molar-refractivity contribution in [2.24, 2.45) is 0 Å². The minimum Gasteiger partial charge on any atom is -0.444 e. The lowest BCUT2D eigenvalue weighted by Gasteiger charge is -2.24. The molecule has 2 aliphatic rings. The second-order valence-corrected chi connectivity index (χ2v) is 11.3. The van der Waals surface area contributed by atoms with Crippen LogP contribution in [0.2, 0.25) is 0 Å². The minimum absolute atomic E-state index is 0.0846. The van der Waals surface area contributed by atoms with Gasteiger partial charge in [0.15, 0.2) is 0 Å². The molecule has 2 aliphatic heterocycles. The van der Waals surface area contributed by atoms with E-state index in [1.807, 2.05) is 69.3 Å². The number of para-hydroxylation sites is 1. The molecular weight excluding hydrogens is 508 g/mol. The van der Waals surface area contributed by atoms with Gasteiger partial charge in [-0.05, 0) is 38.5 Å². The van der Waals surface area contributed by atoms with Crippen molar-refractivity contribution in [3.8, 4) is 5.69 Å². The van der Waals surface area contributed by atoms with Crippen LogP contribution in [0.3, 0.4) is 0 Å². The highest BCUT2D eigenvalue weighted by atomic mass is 16.6. The molecule has 2 N–H and O–H groups in total. The molecule has 5 rings (SSSR count). The van der Waals surface area contributed by atoms with E-state index in [4.69, 9.17) is 14.6 Å². The predicted octanol–water partition coefficient (Wildman–Crippen LogP) is 4.36. The van der Waals surface area contributed by atoms with E-state index in [1.165, 1.54) is 5.56 Å². The van der Waals surface area contributed by atoms with Crippen LogP contribution in [0.25, 0.3) is 5.69 Å². The number of hydrogen-bond donors (Lipinski definition) is 2. The average Bonchev–Trinajstić information content (AvgIpc) is 3.61. The van der Waals surface area contributed by atoms with Gasteiger partial charge in [-0.1, -0.05) is 48.5 Å². The molecular formula is C30H38N6O4. The van der Waals surface area contributed by atoms with Gasteiger partial charge in [0.25, 0.3) is 0 Å². The van der Waals surface area contributed by atoms with E-state index in [0.717, 1.165) is 36.6 Å². The third kappa shape index (κ3) is 6.29. The van der Waals surface area contributed by atoms with Crippen molar-refractivity contribution in [2.75, 3.05) is 38.7 Å². The molecule has 0 saturated carbocycles. The van der Waals surface area contributed by atoms with Gasteiger partial charge in [0.2, 0.25) is 0 Å². The monoisotopic (exact) mass is 546 g/mol. The number of ether oxygens (including phenoxy) is 2. The molecule has 0 aliphatic carbocycles. The SMILES string of the molecule is COCCN1CC(NC(=O)Nc2c3c(nn2-c2ccccc2)CN(C(=O)OC(C)(C)C)C3)C(c2ccccc2)C1. The maximum absolute atomic E-state index is 13.5. The summed E-state index contributed by atoms with van der Waals surface area (Å²) in [6, 6.07) is 19.6. The third-order valence-electron chi connectivity index (χ3n) is 7.19. The molecule has 0 spiro atoms. The van der Waals surface area contributed by atoms with Gasteiger partial charge in [0, 0.05) is 38.2 Å². The van der Waals surface area contributed by atoms with Crippen LogP contribution in [-0.4, -0.2) is 76.7 Å². The van der Waals surface area contributed by atoms with Gasteiger partial charge >= 0.3 is 12.1 Å². The van der Waals surface area contributed by atoms with Crippen molar-refractivity contribution in [3.05, 3.63) is 77.5 Å². The highest BCUT2D eigenvalue weighted by Crippen LogP contribution is 2.33. The normalized spacial score (nSPS) is 18.9. The fourth-order valence-electron chi connectivity index (χ4n) is 5.34. The van der Waals surface area contributed by atoms with Crippen LogP contribution in [0, 0.1) is 0 Å². The Bertz CT molecular complexity index is 1320. The number of hydrogen-bond acceptors (Lipinski definition) is 6. The van der Waals surface area contributed by atoms with Gasteiger partial charge in [0.05, 0.1) is 37.1 Å². The number of nitrogens with zero attached hydrogens (tertiary/aromatic N) is 4. The van der Waals surface area contributed by atoms with Crippen molar-refractivity contribution < 1.29 is 19.1 Å². The summed E-state index contributed by atoms with van der Waals surface area (Å²) in [7, 11) is 1.70. The van der Waals surface area contributed by atoms with Crippen molar-refractivity contribution in [1.82, 2.24) is 24.9 Å². The Morgan fingerprint density at radius 2 is 1.70 bits per heavy atom. The number of carbonyl (C=O) groups is 2. The number of likely N-dealkylation sites (tertiary alicyclic amines) is 1. The number of amides is 3. The molecule has 2 unspecified atom stereocenters. The number of rotatable bonds is 7. The number of urea groups is 1. The van der Waals surface area contributed by atoms with Gasteiger partial charge in [-0.25, -0.2) is 14.3 Å². The standard InChI is InChI=1S/C30H38N6O4/c1-30(2,3)40-29(38)35-18-24-26(20-35)33-36(22-13-9-6-10-14-22)27(24)32-28(37)31-25-19-34(15-16-39-4)17-23(25)21-11-7-5-8-12-21/h5-14,23,25H,15-20H2,1-4H3,(H2,31,32,37). The van der Waals surface area contributed by atoms with Crippen molar-refractivity contribution in [3.63, 3.8) is 0 Å². The quantitative estimate of drug-likeness (QED) is 0.457. The summed E-state index contributed by atoms with van der Waals surface area (Å²) in [5.41, 5.74) is 2.95. The first-order chi connectivity index (χ1) is 19.2. The fraction of sp³-hybridized carbons (Fsp3) is 0.433. The van der Waals surface area contributed by atoms with Crippen LogP contribution in [0.4, 0.5) is 15.4 Å². The van der Waals surface area contributed by atoms with Gasteiger partial charge in [-0.3, -0.25) is 15.1 Å². The lowest BCUT2D eigenvalue weighted by atomic mass is 9.94. The number of benzene rings is 2. The summed E-state index contributed by atoms with van der Waals surface area (Å²) in [6.07, 6.45) is -0.403. The molecule has 1 fully saturated rings. The summed E-state index contributed by atoms with van der Waals surface area (Å²) >= 11 is 0. The Labute approximate surface area is 235 Å². The largest absolute Gasteiger partial charge is 0.444 e. The molecule has 0 radical (unpaired) electrons. The lowest BCUT2D eigenvalue weighted by molar-refractivity contribution is 0.0239. The zero-order chi connectivity index (χ0) is 28.3. The summed E-state index contributed by atoms with van der Waals surface area (Å²) < 4.78 is 12.6. The summed E-state index contributed by atoms with van der Waals surface area (Å²) in [4.78, 5) is 30.2.